The van der Waals surface area contributed by atoms with Crippen LogP contribution in [0.4, 0.5) is 0 Å². The van der Waals surface area contributed by atoms with Gasteiger partial charge in [-0.1, -0.05) is 22.0 Å². The second kappa shape index (κ2) is 4.43. The summed E-state index contributed by atoms with van der Waals surface area (Å²) in [4.78, 5) is 0. The summed E-state index contributed by atoms with van der Waals surface area (Å²) in [6.07, 6.45) is 1.86. The fourth-order valence-corrected chi connectivity index (χ4v) is 2.32. The molecule has 0 amide bonds. The third kappa shape index (κ3) is 2.16. The van der Waals surface area contributed by atoms with Crippen LogP contribution in [0.3, 0.4) is 0 Å². The highest BCUT2D eigenvalue weighted by Crippen LogP contribution is 2.22. The molecule has 1 aliphatic heterocycles. The normalized spacial score (nSPS) is 20.6. The van der Waals surface area contributed by atoms with E-state index in [-0.39, 0.29) is 6.61 Å². The summed E-state index contributed by atoms with van der Waals surface area (Å²) in [5.74, 6) is 0. The summed E-state index contributed by atoms with van der Waals surface area (Å²) in [5.41, 5.74) is 2.78. The summed E-state index contributed by atoms with van der Waals surface area (Å²) in [5, 5.41) is 12.3. The predicted octanol–water partition coefficient (Wildman–Crippen LogP) is 1.85. The van der Waals surface area contributed by atoms with Crippen LogP contribution in [0.25, 0.3) is 0 Å². The molecule has 1 atom stereocenters. The Morgan fingerprint density at radius 1 is 1.43 bits per heavy atom. The largest absolute Gasteiger partial charge is 0.396 e. The number of aliphatic hydroxyl groups excluding tert-OH is 1. The Labute approximate surface area is 92.5 Å². The summed E-state index contributed by atoms with van der Waals surface area (Å²) >= 11 is 3.48. The zero-order chi connectivity index (χ0) is 9.97. The first-order valence-corrected chi connectivity index (χ1v) is 5.70. The van der Waals surface area contributed by atoms with E-state index in [0.717, 1.165) is 23.9 Å². The van der Waals surface area contributed by atoms with E-state index in [1.165, 1.54) is 11.1 Å². The summed E-state index contributed by atoms with van der Waals surface area (Å²) in [6, 6.07) is 6.84. The molecule has 0 spiro atoms. The number of nitrogens with one attached hydrogen (secondary N) is 1. The summed E-state index contributed by atoms with van der Waals surface area (Å²) < 4.78 is 1.14. The van der Waals surface area contributed by atoms with Gasteiger partial charge in [-0.15, -0.1) is 0 Å². The van der Waals surface area contributed by atoms with Crippen molar-refractivity contribution in [1.29, 1.82) is 0 Å². The van der Waals surface area contributed by atoms with E-state index in [2.05, 4.69) is 39.4 Å². The van der Waals surface area contributed by atoms with E-state index in [9.17, 15) is 0 Å². The van der Waals surface area contributed by atoms with Crippen molar-refractivity contribution in [3.63, 3.8) is 0 Å². The van der Waals surface area contributed by atoms with Crippen molar-refractivity contribution in [3.8, 4) is 0 Å². The van der Waals surface area contributed by atoms with Crippen LogP contribution >= 0.6 is 15.9 Å². The van der Waals surface area contributed by atoms with Gasteiger partial charge in [0, 0.05) is 23.7 Å². The molecule has 0 saturated carbocycles. The topological polar surface area (TPSA) is 32.3 Å². The van der Waals surface area contributed by atoms with Crippen molar-refractivity contribution in [2.24, 2.45) is 0 Å². The molecule has 1 aromatic rings. The first-order chi connectivity index (χ1) is 6.79. The Balaban J connectivity index is 2.16. The van der Waals surface area contributed by atoms with Gasteiger partial charge < -0.3 is 10.4 Å². The Morgan fingerprint density at radius 3 is 3.07 bits per heavy atom. The molecular formula is C11H14BrNO. The first kappa shape index (κ1) is 10.1. The molecule has 1 heterocycles. The molecule has 0 fully saturated rings. The fraction of sp³-hybridized carbons (Fsp3) is 0.455. The minimum absolute atomic E-state index is 0.265. The lowest BCUT2D eigenvalue weighted by Crippen LogP contribution is -2.36. The third-order valence-corrected chi connectivity index (χ3v) is 3.19. The number of fused-ring (bicyclic) bond motifs is 1. The molecule has 14 heavy (non-hydrogen) atoms. The molecule has 1 unspecified atom stereocenters. The van der Waals surface area contributed by atoms with Gasteiger partial charge >= 0.3 is 0 Å². The van der Waals surface area contributed by atoms with Crippen molar-refractivity contribution in [2.75, 3.05) is 6.61 Å². The smallest absolute Gasteiger partial charge is 0.0445 e. The Kier molecular flexibility index (Phi) is 3.21. The van der Waals surface area contributed by atoms with Gasteiger partial charge in [0.25, 0.3) is 0 Å². The second-order valence-corrected chi connectivity index (χ2v) is 4.62. The zero-order valence-electron chi connectivity index (χ0n) is 7.96. The highest BCUT2D eigenvalue weighted by atomic mass is 79.9. The summed E-state index contributed by atoms with van der Waals surface area (Å²) in [7, 11) is 0. The Bertz CT molecular complexity index is 327. The fourth-order valence-electron chi connectivity index (χ4n) is 1.91. The highest BCUT2D eigenvalue weighted by molar-refractivity contribution is 9.10. The zero-order valence-corrected chi connectivity index (χ0v) is 9.55. The van der Waals surface area contributed by atoms with Crippen LogP contribution in [0.5, 0.6) is 0 Å². The molecule has 0 bridgehead atoms. The molecule has 76 valence electrons. The Hall–Kier alpha value is -0.380. The van der Waals surface area contributed by atoms with Gasteiger partial charge in [-0.25, -0.2) is 0 Å². The number of benzene rings is 1. The molecule has 1 aliphatic rings. The van der Waals surface area contributed by atoms with E-state index >= 15 is 0 Å². The third-order valence-electron chi connectivity index (χ3n) is 2.69. The lowest BCUT2D eigenvalue weighted by molar-refractivity contribution is 0.260. The van der Waals surface area contributed by atoms with E-state index in [1.54, 1.807) is 0 Å². The van der Waals surface area contributed by atoms with Crippen molar-refractivity contribution < 1.29 is 5.11 Å². The van der Waals surface area contributed by atoms with Gasteiger partial charge in [-0.05, 0) is 36.1 Å². The van der Waals surface area contributed by atoms with Crippen LogP contribution in [0.2, 0.25) is 0 Å². The average molecular weight is 256 g/mol. The number of rotatable bonds is 2. The molecular weight excluding hydrogens is 242 g/mol. The van der Waals surface area contributed by atoms with E-state index in [1.807, 2.05) is 0 Å². The van der Waals surface area contributed by atoms with Crippen LogP contribution < -0.4 is 5.32 Å². The van der Waals surface area contributed by atoms with Crippen LogP contribution in [0.1, 0.15) is 17.5 Å². The summed E-state index contributed by atoms with van der Waals surface area (Å²) in [6.45, 7) is 1.19. The molecule has 2 nitrogen and oxygen atoms in total. The predicted molar refractivity (Wildman–Crippen MR) is 60.2 cm³/mol. The number of hydrogen-bond acceptors (Lipinski definition) is 2. The van der Waals surface area contributed by atoms with Gasteiger partial charge in [0.2, 0.25) is 0 Å². The van der Waals surface area contributed by atoms with Gasteiger partial charge in [-0.2, -0.15) is 0 Å². The SMILES string of the molecule is OCCC1Cc2cc(Br)ccc2CN1. The van der Waals surface area contributed by atoms with Crippen molar-refractivity contribution in [1.82, 2.24) is 5.32 Å². The van der Waals surface area contributed by atoms with Crippen molar-refractivity contribution in [3.05, 3.63) is 33.8 Å². The standard InChI is InChI=1S/C11H14BrNO/c12-10-2-1-8-7-13-11(3-4-14)6-9(8)5-10/h1-2,5,11,13-14H,3-4,6-7H2. The molecule has 1 aromatic carbocycles. The maximum atomic E-state index is 8.87. The van der Waals surface area contributed by atoms with Gasteiger partial charge in [0.1, 0.15) is 0 Å². The maximum absolute atomic E-state index is 8.87. The number of aliphatic hydroxyl groups is 1. The van der Waals surface area contributed by atoms with Crippen LogP contribution in [-0.2, 0) is 13.0 Å². The maximum Gasteiger partial charge on any atom is 0.0445 e. The molecule has 0 aliphatic carbocycles. The average Bonchev–Trinajstić information content (AvgIpc) is 2.17. The lowest BCUT2D eigenvalue weighted by atomic mass is 9.94. The van der Waals surface area contributed by atoms with Gasteiger partial charge in [0.15, 0.2) is 0 Å². The van der Waals surface area contributed by atoms with Crippen molar-refractivity contribution in [2.45, 2.75) is 25.4 Å². The van der Waals surface area contributed by atoms with Gasteiger partial charge in [-0.3, -0.25) is 0 Å². The van der Waals surface area contributed by atoms with E-state index in [0.29, 0.717) is 6.04 Å². The van der Waals surface area contributed by atoms with Gasteiger partial charge in [0.05, 0.1) is 0 Å². The molecule has 2 rings (SSSR count). The molecule has 2 N–H and O–H groups in total. The van der Waals surface area contributed by atoms with Crippen LogP contribution in [-0.4, -0.2) is 17.8 Å². The van der Waals surface area contributed by atoms with Crippen LogP contribution in [0.15, 0.2) is 22.7 Å². The van der Waals surface area contributed by atoms with E-state index in [4.69, 9.17) is 5.11 Å². The molecule has 0 saturated heterocycles. The lowest BCUT2D eigenvalue weighted by Gasteiger charge is -2.25. The molecule has 0 radical (unpaired) electrons. The minimum atomic E-state index is 0.265. The van der Waals surface area contributed by atoms with Crippen LogP contribution in [0, 0.1) is 0 Å². The number of hydrogen-bond donors (Lipinski definition) is 2. The monoisotopic (exact) mass is 255 g/mol. The Morgan fingerprint density at radius 2 is 2.29 bits per heavy atom. The molecule has 0 aromatic heterocycles. The number of halogens is 1. The minimum Gasteiger partial charge on any atom is -0.396 e. The quantitative estimate of drug-likeness (QED) is 0.846. The van der Waals surface area contributed by atoms with Crippen molar-refractivity contribution >= 4 is 15.9 Å². The first-order valence-electron chi connectivity index (χ1n) is 4.91. The highest BCUT2D eigenvalue weighted by Gasteiger charge is 2.17. The second-order valence-electron chi connectivity index (χ2n) is 3.71. The van der Waals surface area contributed by atoms with E-state index < -0.39 is 0 Å². The molecule has 3 heteroatoms.